The molecule has 0 radical (unpaired) electrons. The smallest absolute Gasteiger partial charge is 0.0584 e. The number of hydrogen-bond acceptors (Lipinski definition) is 1. The highest BCUT2D eigenvalue weighted by molar-refractivity contribution is 7.26. The Morgan fingerprint density at radius 2 is 1.24 bits per heavy atom. The molecule has 0 atom stereocenters. The number of rotatable bonds is 2. The second-order valence-electron chi connectivity index (χ2n) is 8.32. The van der Waals surface area contributed by atoms with Gasteiger partial charge in [0.2, 0.25) is 0 Å². The number of benzene rings is 5. The largest absolute Gasteiger partial charge is 0.309 e. The van der Waals surface area contributed by atoms with E-state index in [1.54, 1.807) is 11.3 Å². The minimum Gasteiger partial charge on any atom is -0.309 e. The molecule has 0 bridgehead atoms. The normalized spacial score (nSPS) is 11.8. The molecule has 2 heterocycles. The third-order valence-corrected chi connectivity index (χ3v) is 8.12. The van der Waals surface area contributed by atoms with Crippen molar-refractivity contribution in [2.45, 2.75) is 0 Å². The molecule has 3 heteroatoms. The van der Waals surface area contributed by atoms with Crippen LogP contribution in [0.3, 0.4) is 0 Å². The van der Waals surface area contributed by atoms with Crippen molar-refractivity contribution < 1.29 is 0 Å². The van der Waals surface area contributed by atoms with Crippen LogP contribution in [-0.2, 0) is 0 Å². The molecular formula is C30H18ClNS. The Kier molecular flexibility index (Phi) is 4.14. The molecule has 0 saturated carbocycles. The van der Waals surface area contributed by atoms with Crippen molar-refractivity contribution in [2.75, 3.05) is 0 Å². The molecule has 0 unspecified atom stereocenters. The Balaban J connectivity index is 1.52. The van der Waals surface area contributed by atoms with E-state index in [0.717, 1.165) is 9.72 Å². The van der Waals surface area contributed by atoms with Crippen LogP contribution in [0.4, 0.5) is 0 Å². The zero-order chi connectivity index (χ0) is 21.9. The average molecular weight is 460 g/mol. The van der Waals surface area contributed by atoms with Gasteiger partial charge in [0.15, 0.2) is 0 Å². The summed E-state index contributed by atoms with van der Waals surface area (Å²) in [5, 5.41) is 5.86. The van der Waals surface area contributed by atoms with E-state index in [0.29, 0.717) is 0 Å². The molecule has 0 amide bonds. The van der Waals surface area contributed by atoms with E-state index < -0.39 is 0 Å². The van der Waals surface area contributed by atoms with E-state index in [9.17, 15) is 0 Å². The minimum absolute atomic E-state index is 0.820. The summed E-state index contributed by atoms with van der Waals surface area (Å²) in [5.41, 5.74) is 6.06. The van der Waals surface area contributed by atoms with Gasteiger partial charge >= 0.3 is 0 Å². The van der Waals surface area contributed by atoms with Crippen LogP contribution in [0.5, 0.6) is 0 Å². The lowest BCUT2D eigenvalue weighted by molar-refractivity contribution is 1.18. The quantitative estimate of drug-likeness (QED) is 0.242. The number of halogens is 1. The van der Waals surface area contributed by atoms with Crippen molar-refractivity contribution in [3.05, 3.63) is 114 Å². The molecule has 0 aliphatic rings. The lowest BCUT2D eigenvalue weighted by Crippen LogP contribution is -1.96. The second-order valence-corrected chi connectivity index (χ2v) is 9.78. The SMILES string of the molecule is Clc1cccc2c1sc1cc(-c3ccccc3-n3c4ccccc4c4ccccc43)ccc12. The number of thiophene rings is 1. The molecule has 1 nitrogen and oxygen atoms in total. The lowest BCUT2D eigenvalue weighted by Gasteiger charge is -2.14. The molecule has 0 saturated heterocycles. The van der Waals surface area contributed by atoms with Gasteiger partial charge in [-0.1, -0.05) is 90.5 Å². The van der Waals surface area contributed by atoms with Crippen molar-refractivity contribution >= 4 is 64.9 Å². The van der Waals surface area contributed by atoms with Gasteiger partial charge in [0.1, 0.15) is 0 Å². The van der Waals surface area contributed by atoms with Crippen LogP contribution >= 0.6 is 22.9 Å². The molecule has 33 heavy (non-hydrogen) atoms. The number of hydrogen-bond donors (Lipinski definition) is 0. The first-order valence-electron chi connectivity index (χ1n) is 11.0. The van der Waals surface area contributed by atoms with Crippen molar-refractivity contribution in [1.29, 1.82) is 0 Å². The van der Waals surface area contributed by atoms with Gasteiger partial charge in [-0.05, 0) is 35.9 Å². The predicted molar refractivity (Wildman–Crippen MR) is 144 cm³/mol. The lowest BCUT2D eigenvalue weighted by atomic mass is 10.0. The van der Waals surface area contributed by atoms with Gasteiger partial charge in [0.05, 0.1) is 26.4 Å². The van der Waals surface area contributed by atoms with Gasteiger partial charge in [0.25, 0.3) is 0 Å². The highest BCUT2D eigenvalue weighted by Gasteiger charge is 2.16. The predicted octanol–water partition coefficient (Wildman–Crippen LogP) is 9.47. The van der Waals surface area contributed by atoms with E-state index in [1.807, 2.05) is 12.1 Å². The van der Waals surface area contributed by atoms with E-state index in [1.165, 1.54) is 54.1 Å². The summed E-state index contributed by atoms with van der Waals surface area (Å²) >= 11 is 8.26. The molecule has 0 fully saturated rings. The molecule has 7 aromatic rings. The highest BCUT2D eigenvalue weighted by Crippen LogP contribution is 2.41. The first kappa shape index (κ1) is 18.9. The monoisotopic (exact) mass is 459 g/mol. The molecule has 5 aromatic carbocycles. The summed E-state index contributed by atoms with van der Waals surface area (Å²) in [5.74, 6) is 0. The zero-order valence-electron chi connectivity index (χ0n) is 17.6. The molecule has 156 valence electrons. The molecule has 0 aliphatic carbocycles. The summed E-state index contributed by atoms with van der Waals surface area (Å²) in [6.07, 6.45) is 0. The maximum atomic E-state index is 6.50. The molecular weight excluding hydrogens is 442 g/mol. The number of aromatic nitrogens is 1. The first-order chi connectivity index (χ1) is 16.3. The van der Waals surface area contributed by atoms with Crippen LogP contribution in [0.25, 0.3) is 58.8 Å². The topological polar surface area (TPSA) is 4.93 Å². The van der Waals surface area contributed by atoms with E-state index in [2.05, 4.69) is 102 Å². The summed E-state index contributed by atoms with van der Waals surface area (Å²) in [6.45, 7) is 0. The summed E-state index contributed by atoms with van der Waals surface area (Å²) in [7, 11) is 0. The maximum Gasteiger partial charge on any atom is 0.0584 e. The third-order valence-electron chi connectivity index (χ3n) is 6.49. The fourth-order valence-corrected chi connectivity index (χ4v) is 6.46. The Hall–Kier alpha value is -3.59. The molecule has 7 rings (SSSR count). The Labute approximate surface area is 200 Å². The van der Waals surface area contributed by atoms with Gasteiger partial charge < -0.3 is 4.57 Å². The maximum absolute atomic E-state index is 6.50. The van der Waals surface area contributed by atoms with Gasteiger partial charge in [-0.15, -0.1) is 11.3 Å². The van der Waals surface area contributed by atoms with Crippen molar-refractivity contribution in [3.8, 4) is 16.8 Å². The summed E-state index contributed by atoms with van der Waals surface area (Å²) < 4.78 is 4.81. The molecule has 2 aromatic heterocycles. The fraction of sp³-hybridized carbons (Fsp3) is 0. The number of nitrogens with zero attached hydrogens (tertiary/aromatic N) is 1. The van der Waals surface area contributed by atoms with Gasteiger partial charge in [-0.2, -0.15) is 0 Å². The molecule has 0 spiro atoms. The average Bonchev–Trinajstić information content (AvgIpc) is 3.40. The summed E-state index contributed by atoms with van der Waals surface area (Å²) in [4.78, 5) is 0. The standard InChI is InChI=1S/C30H18ClNS/c31-25-12-7-11-24-23-17-16-19(18-29(23)33-30(24)25)20-8-1-4-13-26(20)32-27-14-5-2-9-21(27)22-10-3-6-15-28(22)32/h1-18H. The fourth-order valence-electron chi connectivity index (χ4n) is 5.03. The van der Waals surface area contributed by atoms with Gasteiger partial charge in [-0.3, -0.25) is 0 Å². The Morgan fingerprint density at radius 1 is 0.576 bits per heavy atom. The van der Waals surface area contributed by atoms with Crippen LogP contribution < -0.4 is 0 Å². The number of fused-ring (bicyclic) bond motifs is 6. The number of para-hydroxylation sites is 3. The van der Waals surface area contributed by atoms with Crippen LogP contribution in [-0.4, -0.2) is 4.57 Å². The van der Waals surface area contributed by atoms with E-state index in [-0.39, 0.29) is 0 Å². The summed E-state index contributed by atoms with van der Waals surface area (Å²) in [6, 6.07) is 39.0. The van der Waals surface area contributed by atoms with Crippen LogP contribution in [0.15, 0.2) is 109 Å². The van der Waals surface area contributed by atoms with E-state index >= 15 is 0 Å². The van der Waals surface area contributed by atoms with Crippen molar-refractivity contribution in [1.82, 2.24) is 4.57 Å². The Bertz CT molecular complexity index is 1790. The van der Waals surface area contributed by atoms with Crippen LogP contribution in [0.2, 0.25) is 5.02 Å². The van der Waals surface area contributed by atoms with Crippen molar-refractivity contribution in [2.24, 2.45) is 0 Å². The minimum atomic E-state index is 0.820. The first-order valence-corrected chi connectivity index (χ1v) is 12.2. The molecule has 0 N–H and O–H groups in total. The van der Waals surface area contributed by atoms with Crippen LogP contribution in [0, 0.1) is 0 Å². The van der Waals surface area contributed by atoms with Gasteiger partial charge in [-0.25, -0.2) is 0 Å². The molecule has 0 aliphatic heterocycles. The highest BCUT2D eigenvalue weighted by atomic mass is 35.5. The Morgan fingerprint density at radius 3 is 2.03 bits per heavy atom. The zero-order valence-corrected chi connectivity index (χ0v) is 19.2. The van der Waals surface area contributed by atoms with Crippen molar-refractivity contribution in [3.63, 3.8) is 0 Å². The van der Waals surface area contributed by atoms with Crippen LogP contribution in [0.1, 0.15) is 0 Å². The second kappa shape index (κ2) is 7.21. The third kappa shape index (κ3) is 2.78. The van der Waals surface area contributed by atoms with E-state index in [4.69, 9.17) is 11.6 Å². The van der Waals surface area contributed by atoms with Gasteiger partial charge in [0, 0.05) is 31.8 Å².